The van der Waals surface area contributed by atoms with Gasteiger partial charge in [-0.1, -0.05) is 0 Å². The Morgan fingerprint density at radius 1 is 1.64 bits per heavy atom. The third-order valence-corrected chi connectivity index (χ3v) is 2.06. The Hall–Kier alpha value is -0.780. The quantitative estimate of drug-likeness (QED) is 0.611. The first-order chi connectivity index (χ1) is 5.20. The standard InChI is InChI=1S/C5H10N4OS/c1-5-6-7-8-9(5)3-4-11(2)10/h3-4H2,1-2H3. The summed E-state index contributed by atoms with van der Waals surface area (Å²) in [7, 11) is -0.775. The normalized spacial score (nSPS) is 13.3. The fourth-order valence-electron chi connectivity index (χ4n) is 0.671. The van der Waals surface area contributed by atoms with Crippen LogP contribution in [0.5, 0.6) is 0 Å². The molecule has 0 radical (unpaired) electrons. The molecule has 0 N–H and O–H groups in total. The highest BCUT2D eigenvalue weighted by atomic mass is 32.2. The van der Waals surface area contributed by atoms with E-state index in [2.05, 4.69) is 15.5 Å². The van der Waals surface area contributed by atoms with Crippen LogP contribution in [0, 0.1) is 6.92 Å². The molecule has 5 nitrogen and oxygen atoms in total. The lowest BCUT2D eigenvalue weighted by atomic mass is 10.6. The lowest BCUT2D eigenvalue weighted by Crippen LogP contribution is -2.09. The van der Waals surface area contributed by atoms with Gasteiger partial charge < -0.3 is 0 Å². The van der Waals surface area contributed by atoms with Crippen LogP contribution < -0.4 is 0 Å². The van der Waals surface area contributed by atoms with Crippen LogP contribution in [0.1, 0.15) is 5.82 Å². The van der Waals surface area contributed by atoms with E-state index in [0.717, 1.165) is 5.82 Å². The summed E-state index contributed by atoms with van der Waals surface area (Å²) in [5, 5.41) is 10.9. The minimum Gasteiger partial charge on any atom is -0.260 e. The molecular weight excluding hydrogens is 164 g/mol. The zero-order valence-electron chi connectivity index (χ0n) is 6.52. The van der Waals surface area contributed by atoms with Gasteiger partial charge in [-0.05, 0) is 17.4 Å². The second kappa shape index (κ2) is 3.56. The number of hydrogen-bond donors (Lipinski definition) is 0. The van der Waals surface area contributed by atoms with Crippen molar-refractivity contribution in [2.24, 2.45) is 0 Å². The van der Waals surface area contributed by atoms with E-state index in [9.17, 15) is 4.21 Å². The molecule has 0 spiro atoms. The summed E-state index contributed by atoms with van der Waals surface area (Å²) in [6, 6.07) is 0. The van der Waals surface area contributed by atoms with Crippen molar-refractivity contribution in [3.05, 3.63) is 5.82 Å². The van der Waals surface area contributed by atoms with Crippen LogP contribution in [0.3, 0.4) is 0 Å². The first-order valence-corrected chi connectivity index (χ1v) is 4.95. The van der Waals surface area contributed by atoms with E-state index >= 15 is 0 Å². The van der Waals surface area contributed by atoms with Gasteiger partial charge in [0.05, 0.1) is 6.54 Å². The van der Waals surface area contributed by atoms with Gasteiger partial charge in [0.15, 0.2) is 0 Å². The van der Waals surface area contributed by atoms with Gasteiger partial charge in [-0.3, -0.25) is 4.21 Å². The Balaban J connectivity index is 2.51. The maximum absolute atomic E-state index is 10.7. The van der Waals surface area contributed by atoms with E-state index in [1.807, 2.05) is 6.92 Å². The minimum absolute atomic E-state index is 0.603. The maximum atomic E-state index is 10.7. The van der Waals surface area contributed by atoms with Crippen molar-refractivity contribution in [2.75, 3.05) is 12.0 Å². The molecule has 11 heavy (non-hydrogen) atoms. The van der Waals surface area contributed by atoms with E-state index in [-0.39, 0.29) is 0 Å². The number of hydrogen-bond acceptors (Lipinski definition) is 4. The maximum Gasteiger partial charge on any atom is 0.148 e. The predicted octanol–water partition coefficient (Wildman–Crippen LogP) is -0.640. The molecule has 0 amide bonds. The van der Waals surface area contributed by atoms with Gasteiger partial charge >= 0.3 is 0 Å². The van der Waals surface area contributed by atoms with Crippen molar-refractivity contribution in [3.8, 4) is 0 Å². The molecular formula is C5H10N4OS. The van der Waals surface area contributed by atoms with Crippen LogP contribution in [0.2, 0.25) is 0 Å². The molecule has 62 valence electrons. The van der Waals surface area contributed by atoms with Crippen molar-refractivity contribution >= 4 is 10.8 Å². The van der Waals surface area contributed by atoms with E-state index in [0.29, 0.717) is 12.3 Å². The first-order valence-electron chi connectivity index (χ1n) is 3.23. The molecule has 0 bridgehead atoms. The monoisotopic (exact) mass is 174 g/mol. The van der Waals surface area contributed by atoms with Crippen LogP contribution >= 0.6 is 0 Å². The van der Waals surface area contributed by atoms with Gasteiger partial charge in [0, 0.05) is 22.8 Å². The van der Waals surface area contributed by atoms with E-state index in [1.54, 1.807) is 10.9 Å². The molecule has 1 rings (SSSR count). The van der Waals surface area contributed by atoms with E-state index < -0.39 is 10.8 Å². The largest absolute Gasteiger partial charge is 0.260 e. The van der Waals surface area contributed by atoms with Gasteiger partial charge in [0.25, 0.3) is 0 Å². The first kappa shape index (κ1) is 8.32. The van der Waals surface area contributed by atoms with E-state index in [4.69, 9.17) is 0 Å². The second-order valence-electron chi connectivity index (χ2n) is 2.23. The number of aromatic nitrogens is 4. The smallest absolute Gasteiger partial charge is 0.148 e. The molecule has 1 atom stereocenters. The van der Waals surface area contributed by atoms with Gasteiger partial charge in [-0.2, -0.15) is 0 Å². The van der Waals surface area contributed by atoms with Crippen molar-refractivity contribution in [2.45, 2.75) is 13.5 Å². The molecule has 0 saturated heterocycles. The molecule has 0 aliphatic carbocycles. The summed E-state index contributed by atoms with van der Waals surface area (Å²) in [5.74, 6) is 1.36. The molecule has 0 fully saturated rings. The van der Waals surface area contributed by atoms with Crippen LogP contribution in [-0.4, -0.2) is 36.4 Å². The molecule has 6 heteroatoms. The predicted molar refractivity (Wildman–Crippen MR) is 41.5 cm³/mol. The minimum atomic E-state index is -0.775. The lowest BCUT2D eigenvalue weighted by Gasteiger charge is -1.97. The Morgan fingerprint density at radius 2 is 2.36 bits per heavy atom. The topological polar surface area (TPSA) is 60.7 Å². The van der Waals surface area contributed by atoms with Gasteiger partial charge in [-0.15, -0.1) is 5.10 Å². The average Bonchev–Trinajstić information content (AvgIpc) is 2.31. The highest BCUT2D eigenvalue weighted by Gasteiger charge is 1.99. The summed E-state index contributed by atoms with van der Waals surface area (Å²) in [6.45, 7) is 2.44. The van der Waals surface area contributed by atoms with Crippen molar-refractivity contribution in [1.29, 1.82) is 0 Å². The molecule has 1 aromatic heterocycles. The van der Waals surface area contributed by atoms with Crippen LogP contribution in [0.4, 0.5) is 0 Å². The summed E-state index contributed by atoms with van der Waals surface area (Å²) < 4.78 is 12.3. The molecule has 1 aromatic rings. The molecule has 0 aromatic carbocycles. The summed E-state index contributed by atoms with van der Waals surface area (Å²) in [6.07, 6.45) is 1.67. The Labute approximate surface area is 67.2 Å². The fourth-order valence-corrected chi connectivity index (χ4v) is 1.10. The second-order valence-corrected chi connectivity index (χ2v) is 3.78. The molecule has 0 aliphatic heterocycles. The van der Waals surface area contributed by atoms with Gasteiger partial charge in [-0.25, -0.2) is 4.68 Å². The highest BCUT2D eigenvalue weighted by molar-refractivity contribution is 7.84. The zero-order chi connectivity index (χ0) is 8.27. The van der Waals surface area contributed by atoms with Crippen LogP contribution in [-0.2, 0) is 17.3 Å². The zero-order valence-corrected chi connectivity index (χ0v) is 7.34. The number of nitrogens with zero attached hydrogens (tertiary/aromatic N) is 4. The number of rotatable bonds is 3. The number of aryl methyl sites for hydroxylation is 2. The lowest BCUT2D eigenvalue weighted by molar-refractivity contribution is 0.608. The molecule has 0 saturated carbocycles. The third-order valence-electron chi connectivity index (χ3n) is 1.30. The Morgan fingerprint density at radius 3 is 2.82 bits per heavy atom. The average molecular weight is 174 g/mol. The van der Waals surface area contributed by atoms with E-state index in [1.165, 1.54) is 0 Å². The summed E-state index contributed by atoms with van der Waals surface area (Å²) in [4.78, 5) is 0. The van der Waals surface area contributed by atoms with Gasteiger partial charge in [0.1, 0.15) is 5.82 Å². The number of tetrazole rings is 1. The summed E-state index contributed by atoms with van der Waals surface area (Å²) in [5.41, 5.74) is 0. The molecule has 1 unspecified atom stereocenters. The highest BCUT2D eigenvalue weighted by Crippen LogP contribution is 1.88. The fraction of sp³-hybridized carbons (Fsp3) is 0.800. The van der Waals surface area contributed by atoms with Crippen molar-refractivity contribution < 1.29 is 4.21 Å². The Kier molecular flexibility index (Phi) is 2.70. The van der Waals surface area contributed by atoms with Gasteiger partial charge in [0.2, 0.25) is 0 Å². The Bertz CT molecular complexity index is 259. The molecule has 0 aliphatic rings. The van der Waals surface area contributed by atoms with Crippen molar-refractivity contribution in [1.82, 2.24) is 20.2 Å². The summed E-state index contributed by atoms with van der Waals surface area (Å²) >= 11 is 0. The van der Waals surface area contributed by atoms with Crippen molar-refractivity contribution in [3.63, 3.8) is 0 Å². The SMILES string of the molecule is Cc1nnnn1CCS(C)=O. The van der Waals surface area contributed by atoms with Crippen LogP contribution in [0.15, 0.2) is 0 Å². The third kappa shape index (κ3) is 2.38. The van der Waals surface area contributed by atoms with Crippen LogP contribution in [0.25, 0.3) is 0 Å². The molecule has 1 heterocycles.